The summed E-state index contributed by atoms with van der Waals surface area (Å²) in [6.07, 6.45) is 6.50. The smallest absolute Gasteiger partial charge is 0.240 e. The SMILES string of the molecule is CCOc1ccc(S(=O)(=O)NC2CCCCCC2)cc1C(C)C. The zero-order valence-electron chi connectivity index (χ0n) is 14.5. The van der Waals surface area contributed by atoms with Gasteiger partial charge in [-0.25, -0.2) is 13.1 Å². The molecule has 0 aliphatic heterocycles. The number of ether oxygens (including phenoxy) is 1. The van der Waals surface area contributed by atoms with Crippen molar-refractivity contribution in [1.29, 1.82) is 0 Å². The van der Waals surface area contributed by atoms with E-state index < -0.39 is 10.0 Å². The van der Waals surface area contributed by atoms with E-state index in [-0.39, 0.29) is 12.0 Å². The van der Waals surface area contributed by atoms with Crippen molar-refractivity contribution < 1.29 is 13.2 Å². The van der Waals surface area contributed by atoms with Crippen LogP contribution in [-0.2, 0) is 10.0 Å². The molecule has 4 nitrogen and oxygen atoms in total. The minimum Gasteiger partial charge on any atom is -0.494 e. The summed E-state index contributed by atoms with van der Waals surface area (Å²) in [5.74, 6) is 0.987. The van der Waals surface area contributed by atoms with E-state index in [1.165, 1.54) is 12.8 Å². The van der Waals surface area contributed by atoms with Crippen LogP contribution in [0.25, 0.3) is 0 Å². The number of benzene rings is 1. The van der Waals surface area contributed by atoms with Gasteiger partial charge >= 0.3 is 0 Å². The zero-order chi connectivity index (χ0) is 16.9. The second-order valence-corrected chi connectivity index (χ2v) is 8.31. The van der Waals surface area contributed by atoms with Gasteiger partial charge in [0.25, 0.3) is 0 Å². The third-order valence-electron chi connectivity index (χ3n) is 4.39. The minimum atomic E-state index is -3.47. The highest BCUT2D eigenvalue weighted by Crippen LogP contribution is 2.29. The van der Waals surface area contributed by atoms with E-state index in [1.54, 1.807) is 18.2 Å². The van der Waals surface area contributed by atoms with Crippen LogP contribution in [0.3, 0.4) is 0 Å². The largest absolute Gasteiger partial charge is 0.494 e. The van der Waals surface area contributed by atoms with E-state index in [2.05, 4.69) is 4.72 Å². The maximum absolute atomic E-state index is 12.7. The third-order valence-corrected chi connectivity index (χ3v) is 5.91. The topological polar surface area (TPSA) is 55.4 Å². The van der Waals surface area contributed by atoms with Crippen molar-refractivity contribution >= 4 is 10.0 Å². The standard InChI is InChI=1S/C18H29NO3S/c1-4-22-18-12-11-16(13-17(18)14(2)3)23(20,21)19-15-9-7-5-6-8-10-15/h11-15,19H,4-10H2,1-3H3. The van der Waals surface area contributed by atoms with Crippen molar-refractivity contribution in [2.75, 3.05) is 6.61 Å². The fourth-order valence-corrected chi connectivity index (χ4v) is 4.46. The first kappa shape index (κ1) is 18.3. The molecule has 1 saturated carbocycles. The van der Waals surface area contributed by atoms with Gasteiger partial charge in [-0.1, -0.05) is 39.5 Å². The lowest BCUT2D eigenvalue weighted by atomic mass is 10.0. The average Bonchev–Trinajstić information content (AvgIpc) is 2.75. The predicted molar refractivity (Wildman–Crippen MR) is 93.5 cm³/mol. The molecule has 0 radical (unpaired) electrons. The molecule has 1 fully saturated rings. The quantitative estimate of drug-likeness (QED) is 0.790. The summed E-state index contributed by atoms with van der Waals surface area (Å²) in [4.78, 5) is 0.342. The van der Waals surface area contributed by atoms with Crippen LogP contribution >= 0.6 is 0 Å². The number of hydrogen-bond acceptors (Lipinski definition) is 3. The van der Waals surface area contributed by atoms with Gasteiger partial charge < -0.3 is 4.74 Å². The second kappa shape index (κ2) is 8.15. The first-order valence-electron chi connectivity index (χ1n) is 8.73. The van der Waals surface area contributed by atoms with Gasteiger partial charge in [-0.05, 0) is 49.4 Å². The Morgan fingerprint density at radius 2 is 1.83 bits per heavy atom. The van der Waals surface area contributed by atoms with Gasteiger partial charge in [-0.3, -0.25) is 0 Å². The van der Waals surface area contributed by atoms with E-state index in [4.69, 9.17) is 4.74 Å². The molecular weight excluding hydrogens is 310 g/mol. The van der Waals surface area contributed by atoms with E-state index in [1.807, 2.05) is 20.8 Å². The number of hydrogen-bond donors (Lipinski definition) is 1. The molecule has 23 heavy (non-hydrogen) atoms. The normalized spacial score (nSPS) is 17.2. The first-order valence-corrected chi connectivity index (χ1v) is 10.2. The Labute approximate surface area is 140 Å². The van der Waals surface area contributed by atoms with Gasteiger partial charge in [0.15, 0.2) is 0 Å². The van der Waals surface area contributed by atoms with E-state index in [9.17, 15) is 8.42 Å². The summed E-state index contributed by atoms with van der Waals surface area (Å²) < 4.78 is 33.9. The van der Waals surface area contributed by atoms with Gasteiger partial charge in [0.1, 0.15) is 5.75 Å². The third kappa shape index (κ3) is 4.95. The molecule has 1 aromatic carbocycles. The molecule has 1 aromatic rings. The molecular formula is C18H29NO3S. The molecule has 0 spiro atoms. The van der Waals surface area contributed by atoms with Gasteiger partial charge in [0.2, 0.25) is 10.0 Å². The monoisotopic (exact) mass is 339 g/mol. The Morgan fingerprint density at radius 1 is 1.17 bits per heavy atom. The summed E-state index contributed by atoms with van der Waals surface area (Å²) in [5.41, 5.74) is 0.940. The zero-order valence-corrected chi connectivity index (χ0v) is 15.3. The highest BCUT2D eigenvalue weighted by Gasteiger charge is 2.22. The Balaban J connectivity index is 2.23. The van der Waals surface area contributed by atoms with Crippen LogP contribution in [0.5, 0.6) is 5.75 Å². The van der Waals surface area contributed by atoms with Crippen LogP contribution in [0.15, 0.2) is 23.1 Å². The van der Waals surface area contributed by atoms with E-state index in [0.29, 0.717) is 11.5 Å². The Kier molecular flexibility index (Phi) is 6.48. The summed E-state index contributed by atoms with van der Waals surface area (Å²) in [6.45, 7) is 6.61. The average molecular weight is 340 g/mol. The highest BCUT2D eigenvalue weighted by atomic mass is 32.2. The number of sulfonamides is 1. The van der Waals surface area contributed by atoms with Crippen molar-refractivity contribution in [3.63, 3.8) is 0 Å². The Bertz CT molecular complexity index is 603. The molecule has 0 saturated heterocycles. The molecule has 0 aromatic heterocycles. The molecule has 0 amide bonds. The first-order chi connectivity index (χ1) is 10.9. The molecule has 1 aliphatic rings. The van der Waals surface area contributed by atoms with Crippen LogP contribution in [0.2, 0.25) is 0 Å². The minimum absolute atomic E-state index is 0.0663. The van der Waals surface area contributed by atoms with Gasteiger partial charge in [-0.15, -0.1) is 0 Å². The fourth-order valence-electron chi connectivity index (χ4n) is 3.12. The number of nitrogens with one attached hydrogen (secondary N) is 1. The van der Waals surface area contributed by atoms with Crippen molar-refractivity contribution in [1.82, 2.24) is 4.72 Å². The lowest BCUT2D eigenvalue weighted by molar-refractivity contribution is 0.335. The Morgan fingerprint density at radius 3 is 2.39 bits per heavy atom. The maximum atomic E-state index is 12.7. The van der Waals surface area contributed by atoms with Crippen molar-refractivity contribution in [3.05, 3.63) is 23.8 Å². The summed E-state index contributed by atoms with van der Waals surface area (Å²) in [7, 11) is -3.47. The lowest BCUT2D eigenvalue weighted by Crippen LogP contribution is -2.34. The second-order valence-electron chi connectivity index (χ2n) is 6.60. The molecule has 2 rings (SSSR count). The van der Waals surface area contributed by atoms with Crippen molar-refractivity contribution in [3.8, 4) is 5.75 Å². The molecule has 1 aliphatic carbocycles. The van der Waals surface area contributed by atoms with Gasteiger partial charge in [0, 0.05) is 6.04 Å². The molecule has 5 heteroatoms. The summed E-state index contributed by atoms with van der Waals surface area (Å²) in [6, 6.07) is 5.25. The molecule has 130 valence electrons. The van der Waals surface area contributed by atoms with Gasteiger partial charge in [0.05, 0.1) is 11.5 Å². The van der Waals surface area contributed by atoms with Crippen molar-refractivity contribution in [2.45, 2.75) is 76.2 Å². The highest BCUT2D eigenvalue weighted by molar-refractivity contribution is 7.89. The van der Waals surface area contributed by atoms with Crippen molar-refractivity contribution in [2.24, 2.45) is 0 Å². The van der Waals surface area contributed by atoms with Crippen LogP contribution < -0.4 is 9.46 Å². The summed E-state index contributed by atoms with van der Waals surface area (Å²) >= 11 is 0. The molecule has 0 heterocycles. The number of rotatable bonds is 6. The van der Waals surface area contributed by atoms with Crippen LogP contribution in [0, 0.1) is 0 Å². The maximum Gasteiger partial charge on any atom is 0.240 e. The summed E-state index contributed by atoms with van der Waals surface area (Å²) in [5, 5.41) is 0. The molecule has 0 bridgehead atoms. The Hall–Kier alpha value is -1.07. The molecule has 0 unspecified atom stereocenters. The van der Waals surface area contributed by atoms with Gasteiger partial charge in [-0.2, -0.15) is 0 Å². The predicted octanol–water partition coefficient (Wildman–Crippen LogP) is 4.21. The fraction of sp³-hybridized carbons (Fsp3) is 0.667. The molecule has 1 N–H and O–H groups in total. The lowest BCUT2D eigenvalue weighted by Gasteiger charge is -2.18. The molecule has 0 atom stereocenters. The van der Waals surface area contributed by atoms with E-state index in [0.717, 1.165) is 37.0 Å². The van der Waals surface area contributed by atoms with Crippen LogP contribution in [0.1, 0.15) is 70.8 Å². The van der Waals surface area contributed by atoms with Crippen LogP contribution in [-0.4, -0.2) is 21.1 Å². The van der Waals surface area contributed by atoms with E-state index >= 15 is 0 Å². The van der Waals surface area contributed by atoms with Crippen LogP contribution in [0.4, 0.5) is 0 Å².